The highest BCUT2D eigenvalue weighted by molar-refractivity contribution is 6.08. The van der Waals surface area contributed by atoms with Gasteiger partial charge in [0, 0.05) is 12.0 Å². The van der Waals surface area contributed by atoms with Crippen LogP contribution in [0.15, 0.2) is 64.5 Å². The second kappa shape index (κ2) is 18.7. The number of halogens is 1. The lowest BCUT2D eigenvalue weighted by molar-refractivity contribution is -0.131. The summed E-state index contributed by atoms with van der Waals surface area (Å²) < 4.78 is 24.9. The maximum atomic E-state index is 14.1. The van der Waals surface area contributed by atoms with E-state index in [4.69, 9.17) is 14.5 Å². The molecular weight excluding hydrogens is 737 g/mol. The lowest BCUT2D eigenvalue weighted by Gasteiger charge is -2.23. The number of ether oxygens (including phenoxy) is 2. The molecular formula is C40H50FN9O7. The van der Waals surface area contributed by atoms with Crippen LogP contribution in [-0.2, 0) is 20.8 Å². The molecule has 1 saturated carbocycles. The lowest BCUT2D eigenvalue weighted by Crippen LogP contribution is -2.40. The van der Waals surface area contributed by atoms with E-state index in [0.717, 1.165) is 96.6 Å². The smallest absolute Gasteiger partial charge is 0.412 e. The number of nitrogens with one attached hydrogen (secondary N) is 2. The molecule has 4 atom stereocenters. The predicted octanol–water partition coefficient (Wildman–Crippen LogP) is 5.54. The van der Waals surface area contributed by atoms with Crippen molar-refractivity contribution in [1.82, 2.24) is 35.1 Å². The van der Waals surface area contributed by atoms with Gasteiger partial charge in [-0.3, -0.25) is 24.6 Å². The second-order valence-electron chi connectivity index (χ2n) is 14.6. The van der Waals surface area contributed by atoms with Crippen molar-refractivity contribution in [2.45, 2.75) is 122 Å². The summed E-state index contributed by atoms with van der Waals surface area (Å²) in [6, 6.07) is 16.5. The predicted molar refractivity (Wildman–Crippen MR) is 208 cm³/mol. The number of aliphatic hydroxyl groups excluding tert-OH is 2. The Labute approximate surface area is 329 Å². The van der Waals surface area contributed by atoms with Crippen molar-refractivity contribution in [3.05, 3.63) is 76.6 Å². The zero-order valence-electron chi connectivity index (χ0n) is 32.4. The number of carbonyl (C=O) groups excluding carboxylic acids is 2. The number of amidine groups is 1. The minimum Gasteiger partial charge on any atom is -0.449 e. The van der Waals surface area contributed by atoms with Crippen LogP contribution in [0, 0.1) is 5.82 Å². The highest BCUT2D eigenvalue weighted by atomic mass is 19.1. The molecule has 17 heteroatoms. The van der Waals surface area contributed by atoms with Crippen molar-refractivity contribution in [3.8, 4) is 22.5 Å². The quantitative estimate of drug-likeness (QED) is 0.124. The average molecular weight is 788 g/mol. The van der Waals surface area contributed by atoms with E-state index < -0.39 is 53.5 Å². The summed E-state index contributed by atoms with van der Waals surface area (Å²) in [7, 11) is 0. The molecule has 0 bridgehead atoms. The summed E-state index contributed by atoms with van der Waals surface area (Å²) in [5.41, 5.74) is 2.78. The molecule has 0 unspecified atom stereocenters. The zero-order chi connectivity index (χ0) is 40.5. The number of benzene rings is 2. The molecule has 0 radical (unpaired) electrons. The molecule has 4 aromatic rings. The Bertz CT molecular complexity index is 2070. The van der Waals surface area contributed by atoms with E-state index in [9.17, 15) is 29.0 Å². The number of aromatic amines is 1. The summed E-state index contributed by atoms with van der Waals surface area (Å²) in [6.07, 6.45) is 4.76. The van der Waals surface area contributed by atoms with Gasteiger partial charge in [-0.15, -0.1) is 5.10 Å². The third-order valence-electron chi connectivity index (χ3n) is 10.5. The van der Waals surface area contributed by atoms with Crippen LogP contribution in [0.25, 0.3) is 22.5 Å². The fourth-order valence-corrected chi connectivity index (χ4v) is 7.31. The van der Waals surface area contributed by atoms with Crippen LogP contribution in [0.2, 0.25) is 0 Å². The van der Waals surface area contributed by atoms with E-state index in [1.54, 1.807) is 0 Å². The molecule has 1 aliphatic carbocycles. The fourth-order valence-electron chi connectivity index (χ4n) is 7.31. The summed E-state index contributed by atoms with van der Waals surface area (Å²) in [5.74, 6) is 0.239. The van der Waals surface area contributed by atoms with Gasteiger partial charge in [0.05, 0.1) is 25.5 Å². The number of aliphatic imine (C=N–C) groups is 1. The molecule has 57 heavy (non-hydrogen) atoms. The van der Waals surface area contributed by atoms with Gasteiger partial charge >= 0.3 is 11.8 Å². The molecule has 1 saturated heterocycles. The number of anilines is 1. The van der Waals surface area contributed by atoms with E-state index in [-0.39, 0.29) is 12.5 Å². The molecule has 2 aromatic carbocycles. The minimum absolute atomic E-state index is 0.177. The Morgan fingerprint density at radius 3 is 2.39 bits per heavy atom. The number of aromatic nitrogens is 6. The Morgan fingerprint density at radius 1 is 1.02 bits per heavy atom. The van der Waals surface area contributed by atoms with Crippen LogP contribution in [-0.4, -0.2) is 93.6 Å². The molecule has 2 aliphatic heterocycles. The van der Waals surface area contributed by atoms with Gasteiger partial charge in [-0.05, 0) is 59.7 Å². The molecule has 4 N–H and O–H groups in total. The van der Waals surface area contributed by atoms with E-state index >= 15 is 0 Å². The van der Waals surface area contributed by atoms with Crippen LogP contribution < -0.4 is 11.0 Å². The number of carbonyl (C=O) groups is 2. The van der Waals surface area contributed by atoms with Crippen LogP contribution in [0.3, 0.4) is 0 Å². The number of hydrogen-bond donors (Lipinski definition) is 4. The van der Waals surface area contributed by atoms with Crippen molar-refractivity contribution < 1.29 is 33.7 Å². The molecule has 3 aliphatic rings. The first-order chi connectivity index (χ1) is 27.5. The van der Waals surface area contributed by atoms with Crippen molar-refractivity contribution in [3.63, 3.8) is 0 Å². The third-order valence-corrected chi connectivity index (χ3v) is 10.5. The first kappa shape index (κ1) is 41.2. The van der Waals surface area contributed by atoms with Crippen molar-refractivity contribution in [1.29, 1.82) is 0 Å². The largest absolute Gasteiger partial charge is 0.449 e. The minimum atomic E-state index is -1.41. The molecule has 4 heterocycles. The van der Waals surface area contributed by atoms with Gasteiger partial charge in [-0.2, -0.15) is 4.98 Å². The lowest BCUT2D eigenvalue weighted by atomic mass is 9.97. The number of H-pyrrole nitrogens is 1. The number of tetrazole rings is 1. The van der Waals surface area contributed by atoms with E-state index in [1.165, 1.54) is 6.92 Å². The number of rotatable bonds is 13. The molecule has 304 valence electrons. The summed E-state index contributed by atoms with van der Waals surface area (Å²) in [6.45, 7) is 6.44. The van der Waals surface area contributed by atoms with Gasteiger partial charge in [0.2, 0.25) is 0 Å². The molecule has 2 amide bonds. The van der Waals surface area contributed by atoms with E-state index in [1.807, 2.05) is 30.0 Å². The first-order valence-electron chi connectivity index (χ1n) is 19.6. The zero-order valence-corrected chi connectivity index (χ0v) is 32.4. The van der Waals surface area contributed by atoms with Gasteiger partial charge in [0.1, 0.15) is 23.6 Å². The SMILES string of the molecule is CCCCC1=NC2(CCCC2)C(=O)N1Cc1ccc(-c2ccccc2-c2nnn[nH]2)cc1.CCCCCOC(=O)Nc1nc(=O)n([C@@H]2O[C@H](C)[C@@H](O)[C@H]2O)cc1F. The standard InChI is InChI=1S/C25H28N6O.C15H22FN3O6/c1-2-3-10-22-26-25(15-6-7-16-25)24(32)31(22)17-18-11-13-19(14-12-18)20-8-4-5-9-21(20)23-27-29-30-28-23;1-3-4-5-6-24-15(23)18-12-9(16)7-19(14(22)17-12)13-11(21)10(20)8(2)25-13/h4-5,8-9,11-14H,2-3,6-7,10,15-17H2,1H3,(H,27,28,29,30);7-8,10-11,13,20-21H,3-6H2,1-2H3,(H,17,18,22,23)/t;8-,10-,11-,13-/m.1/s1. The third kappa shape index (κ3) is 9.43. The first-order valence-corrected chi connectivity index (χ1v) is 19.6. The maximum Gasteiger partial charge on any atom is 0.412 e. The Hall–Kier alpha value is -5.39. The monoisotopic (exact) mass is 787 g/mol. The van der Waals surface area contributed by atoms with Crippen LogP contribution >= 0.6 is 0 Å². The molecule has 2 aromatic heterocycles. The number of aliphatic hydroxyl groups is 2. The Morgan fingerprint density at radius 2 is 1.74 bits per heavy atom. The maximum absolute atomic E-state index is 14.1. The van der Waals surface area contributed by atoms with E-state index in [2.05, 4.69) is 68.2 Å². The normalized spacial score (nSPS) is 21.1. The van der Waals surface area contributed by atoms with Crippen LogP contribution in [0.4, 0.5) is 15.0 Å². The van der Waals surface area contributed by atoms with Gasteiger partial charge in [-0.1, -0.05) is 94.5 Å². The van der Waals surface area contributed by atoms with Crippen LogP contribution in [0.1, 0.15) is 96.8 Å². The van der Waals surface area contributed by atoms with Gasteiger partial charge in [0.15, 0.2) is 23.7 Å². The fraction of sp³-hybridized carbons (Fsp3) is 0.500. The highest BCUT2D eigenvalue weighted by Crippen LogP contribution is 2.40. The number of amides is 2. The highest BCUT2D eigenvalue weighted by Gasteiger charge is 2.49. The number of unbranched alkanes of at least 4 members (excludes halogenated alkanes) is 3. The molecule has 16 nitrogen and oxygen atoms in total. The number of hydrogen-bond acceptors (Lipinski definition) is 12. The van der Waals surface area contributed by atoms with Gasteiger partial charge < -0.3 is 19.7 Å². The van der Waals surface area contributed by atoms with Crippen molar-refractivity contribution in [2.24, 2.45) is 4.99 Å². The van der Waals surface area contributed by atoms with Crippen molar-refractivity contribution in [2.75, 3.05) is 11.9 Å². The number of nitrogens with zero attached hydrogens (tertiary/aromatic N) is 7. The average Bonchev–Trinajstić information content (AvgIpc) is 4.02. The topological polar surface area (TPSA) is 210 Å². The van der Waals surface area contributed by atoms with E-state index in [0.29, 0.717) is 18.8 Å². The molecule has 2 fully saturated rings. The second-order valence-corrected chi connectivity index (χ2v) is 14.6. The van der Waals surface area contributed by atoms with Gasteiger partial charge in [0.25, 0.3) is 5.91 Å². The van der Waals surface area contributed by atoms with Gasteiger partial charge in [-0.25, -0.2) is 19.1 Å². The summed E-state index contributed by atoms with van der Waals surface area (Å²) >= 11 is 0. The molecule has 1 spiro atoms. The summed E-state index contributed by atoms with van der Waals surface area (Å²) in [4.78, 5) is 47.3. The van der Waals surface area contributed by atoms with Crippen LogP contribution in [0.5, 0.6) is 0 Å². The Kier molecular flexibility index (Phi) is 13.5. The summed E-state index contributed by atoms with van der Waals surface area (Å²) in [5, 5.41) is 35.9. The Balaban J connectivity index is 0.000000200. The van der Waals surface area contributed by atoms with Crippen molar-refractivity contribution >= 4 is 23.7 Å². The molecule has 7 rings (SSSR count).